The molecule has 0 saturated carbocycles. The molecule has 0 aromatic heterocycles. The van der Waals surface area contributed by atoms with E-state index in [0.29, 0.717) is 50.3 Å². The van der Waals surface area contributed by atoms with Crippen molar-refractivity contribution in [2.75, 3.05) is 34.9 Å². The summed E-state index contributed by atoms with van der Waals surface area (Å²) >= 11 is 0. The standard InChI is InChI=1S/C70H78N2O6S2/c1-51-15-43-65(44-16-51)79(73,74)71-47-11-13-49-77-63-39-31-59(32-40-63)69(7,8)55-23-25-56(26-24-55)70(9,10)60-33-41-64(42-34-60)78-50-14-12-48-72(80(75,76)66-45-17-52(2)18-46-66)62-37-29-58(30-38-62)68(5,6)54-21-19-53(20-22-54)67(3,4)57-27-35-61(71)36-28-57/h15-46H,11-14,47-50H2,1-10H3. The zero-order valence-corrected chi connectivity index (χ0v) is 49.9. The third-order valence-electron chi connectivity index (χ3n) is 16.8. The normalized spacial score (nSPS) is 17.0. The molecule has 0 unspecified atom stereocenters. The van der Waals surface area contributed by atoms with Crippen molar-refractivity contribution in [3.63, 3.8) is 0 Å². The zero-order chi connectivity index (χ0) is 57.1. The van der Waals surface area contributed by atoms with Crippen LogP contribution in [-0.2, 0) is 41.7 Å². The van der Waals surface area contributed by atoms with Gasteiger partial charge in [0, 0.05) is 34.7 Å². The Morgan fingerprint density at radius 3 is 0.787 bits per heavy atom. The van der Waals surface area contributed by atoms with Gasteiger partial charge in [-0.1, -0.05) is 188 Å². The maximum atomic E-state index is 14.4. The molecule has 8 aromatic carbocycles. The highest BCUT2D eigenvalue weighted by atomic mass is 32.2. The molecule has 12 bridgehead atoms. The average Bonchev–Trinajstić information content (AvgIpc) is 3.48. The van der Waals surface area contributed by atoms with Gasteiger partial charge in [-0.05, 0) is 157 Å². The Morgan fingerprint density at radius 2 is 0.537 bits per heavy atom. The lowest BCUT2D eigenvalue weighted by Crippen LogP contribution is -2.32. The molecule has 10 heterocycles. The number of rotatable bonds is 4. The smallest absolute Gasteiger partial charge is 0.264 e. The molecule has 80 heavy (non-hydrogen) atoms. The van der Waals surface area contributed by atoms with Gasteiger partial charge in [0.1, 0.15) is 11.5 Å². The minimum absolute atomic E-state index is 0.255. The van der Waals surface area contributed by atoms with E-state index in [9.17, 15) is 16.8 Å². The van der Waals surface area contributed by atoms with Crippen LogP contribution in [-0.4, -0.2) is 43.1 Å². The molecule has 10 heteroatoms. The lowest BCUT2D eigenvalue weighted by atomic mass is 9.74. The van der Waals surface area contributed by atoms with Crippen LogP contribution in [0.2, 0.25) is 0 Å². The van der Waals surface area contributed by atoms with E-state index in [1.807, 2.05) is 111 Å². The van der Waals surface area contributed by atoms with E-state index in [1.165, 1.54) is 30.9 Å². The molecule has 0 aliphatic carbocycles. The van der Waals surface area contributed by atoms with Crippen LogP contribution in [0, 0.1) is 13.8 Å². The van der Waals surface area contributed by atoms with E-state index in [-0.39, 0.29) is 33.7 Å². The largest absolute Gasteiger partial charge is 0.494 e. The first-order valence-electron chi connectivity index (χ1n) is 28.1. The quantitative estimate of drug-likeness (QED) is 0.174. The number of aryl methyl sites for hydroxylation is 2. The maximum Gasteiger partial charge on any atom is 0.264 e. The molecule has 8 nitrogen and oxygen atoms in total. The Morgan fingerprint density at radius 1 is 0.312 bits per heavy atom. The minimum Gasteiger partial charge on any atom is -0.494 e. The first-order chi connectivity index (χ1) is 38.0. The Kier molecular flexibility index (Phi) is 16.6. The minimum atomic E-state index is -3.89. The molecule has 0 amide bonds. The van der Waals surface area contributed by atoms with E-state index in [2.05, 4.69) is 128 Å². The first-order valence-corrected chi connectivity index (χ1v) is 31.0. The summed E-state index contributed by atoms with van der Waals surface area (Å²) in [6.45, 7) is 23.1. The lowest BCUT2D eigenvalue weighted by molar-refractivity contribution is 0.307. The van der Waals surface area contributed by atoms with Crippen LogP contribution in [0.1, 0.15) is 137 Å². The summed E-state index contributed by atoms with van der Waals surface area (Å²) in [7, 11) is -7.77. The van der Waals surface area contributed by atoms with Gasteiger partial charge in [-0.25, -0.2) is 16.8 Å². The molecule has 18 rings (SSSR count). The molecule has 8 aromatic rings. The van der Waals surface area contributed by atoms with Crippen LogP contribution in [0.15, 0.2) is 204 Å². The number of hydrogen-bond acceptors (Lipinski definition) is 6. The van der Waals surface area contributed by atoms with Crippen molar-refractivity contribution in [3.05, 3.63) is 250 Å². The maximum absolute atomic E-state index is 14.4. The number of ether oxygens (including phenoxy) is 2. The fourth-order valence-corrected chi connectivity index (χ4v) is 13.9. The molecule has 416 valence electrons. The molecular weight excluding hydrogens is 1030 g/mol. The molecule has 0 atom stereocenters. The summed E-state index contributed by atoms with van der Waals surface area (Å²) in [6, 6.07) is 64.3. The van der Waals surface area contributed by atoms with Gasteiger partial charge in [-0.15, -0.1) is 0 Å². The van der Waals surface area contributed by atoms with Crippen molar-refractivity contribution in [2.24, 2.45) is 0 Å². The fraction of sp³-hybridized carbons (Fsp3) is 0.314. The van der Waals surface area contributed by atoms with Crippen molar-refractivity contribution in [1.29, 1.82) is 0 Å². The van der Waals surface area contributed by atoms with Gasteiger partial charge in [-0.3, -0.25) is 8.61 Å². The number of sulfonamides is 2. The third kappa shape index (κ3) is 12.1. The van der Waals surface area contributed by atoms with Gasteiger partial charge in [-0.2, -0.15) is 0 Å². The Balaban J connectivity index is 1.01. The molecular formula is C70H78N2O6S2. The molecule has 0 radical (unpaired) electrons. The van der Waals surface area contributed by atoms with E-state index >= 15 is 0 Å². The highest BCUT2D eigenvalue weighted by molar-refractivity contribution is 7.93. The fourth-order valence-electron chi connectivity index (χ4n) is 10.8. The van der Waals surface area contributed by atoms with Crippen LogP contribution in [0.5, 0.6) is 11.5 Å². The highest BCUT2D eigenvalue weighted by Crippen LogP contribution is 2.40. The molecule has 0 N–H and O–H groups in total. The second-order valence-electron chi connectivity index (χ2n) is 23.7. The van der Waals surface area contributed by atoms with Crippen molar-refractivity contribution in [1.82, 2.24) is 0 Å². The van der Waals surface area contributed by atoms with Gasteiger partial charge in [0.2, 0.25) is 0 Å². The number of benzene rings is 8. The second kappa shape index (κ2) is 23.1. The van der Waals surface area contributed by atoms with Gasteiger partial charge in [0.15, 0.2) is 0 Å². The van der Waals surface area contributed by atoms with Crippen molar-refractivity contribution in [3.8, 4) is 11.5 Å². The summed E-state index contributed by atoms with van der Waals surface area (Å²) in [6.07, 6.45) is 2.51. The molecule has 0 saturated heterocycles. The van der Waals surface area contributed by atoms with Gasteiger partial charge < -0.3 is 9.47 Å². The summed E-state index contributed by atoms with van der Waals surface area (Å²) in [5, 5.41) is 0. The summed E-state index contributed by atoms with van der Waals surface area (Å²) in [5.74, 6) is 1.55. The SMILES string of the molecule is Cc1ccc(S(=O)(=O)N2CCCCOc3ccc(cc3)C(C)(C)c3ccc(cc3)C(C)(C)c3ccc(cc3)OCCCCN(S(=O)(=O)c3ccc(C)cc3)c3ccc(cc3)C(C)(C)c3ccc(cc3)C(C)(C)c3ccc2cc3)cc1. The number of hydrogen-bond donors (Lipinski definition) is 0. The highest BCUT2D eigenvalue weighted by Gasteiger charge is 2.32. The van der Waals surface area contributed by atoms with E-state index < -0.39 is 30.9 Å². The predicted molar refractivity (Wildman–Crippen MR) is 328 cm³/mol. The van der Waals surface area contributed by atoms with Crippen molar-refractivity contribution >= 4 is 31.4 Å². The predicted octanol–water partition coefficient (Wildman–Crippen LogP) is 16.0. The molecule has 0 spiro atoms. The van der Waals surface area contributed by atoms with Crippen molar-refractivity contribution in [2.45, 2.75) is 126 Å². The average molecular weight is 1110 g/mol. The van der Waals surface area contributed by atoms with Crippen molar-refractivity contribution < 1.29 is 26.3 Å². The molecule has 0 fully saturated rings. The van der Waals surface area contributed by atoms with Crippen LogP contribution in [0.25, 0.3) is 0 Å². The van der Waals surface area contributed by atoms with E-state index in [0.717, 1.165) is 44.9 Å². The topological polar surface area (TPSA) is 93.2 Å². The Hall–Kier alpha value is -7.14. The van der Waals surface area contributed by atoms with E-state index in [1.54, 1.807) is 24.3 Å². The van der Waals surface area contributed by atoms with E-state index in [4.69, 9.17) is 9.47 Å². The van der Waals surface area contributed by atoms with Gasteiger partial charge >= 0.3 is 0 Å². The summed E-state index contributed by atoms with van der Waals surface area (Å²) in [5.41, 5.74) is 10.9. The monoisotopic (exact) mass is 1110 g/mol. The molecule has 10 aliphatic heterocycles. The van der Waals surface area contributed by atoms with Crippen LogP contribution in [0.4, 0.5) is 11.4 Å². The van der Waals surface area contributed by atoms with Gasteiger partial charge in [0.05, 0.1) is 34.4 Å². The van der Waals surface area contributed by atoms with Gasteiger partial charge in [0.25, 0.3) is 20.0 Å². The second-order valence-corrected chi connectivity index (χ2v) is 27.4. The molecule has 10 aliphatic rings. The number of anilines is 2. The number of nitrogens with zero attached hydrogens (tertiary/aromatic N) is 2. The zero-order valence-electron chi connectivity index (χ0n) is 48.3. The first kappa shape index (κ1) is 57.5. The summed E-state index contributed by atoms with van der Waals surface area (Å²) in [4.78, 5) is 0.511. The van der Waals surface area contributed by atoms with Crippen LogP contribution in [0.3, 0.4) is 0 Å². The van der Waals surface area contributed by atoms with Crippen LogP contribution < -0.4 is 18.1 Å². The lowest BCUT2D eigenvalue weighted by Gasteiger charge is -2.31. The Bertz CT molecular complexity index is 3350. The third-order valence-corrected chi connectivity index (χ3v) is 20.5. The Labute approximate surface area is 477 Å². The van der Waals surface area contributed by atoms with Crippen LogP contribution >= 0.6 is 0 Å². The summed E-state index contributed by atoms with van der Waals surface area (Å²) < 4.78 is 73.4.